The van der Waals surface area contributed by atoms with Gasteiger partial charge in [-0.1, -0.05) is 37.3 Å². The summed E-state index contributed by atoms with van der Waals surface area (Å²) in [5.74, 6) is 5.40. The van der Waals surface area contributed by atoms with Gasteiger partial charge in [0.25, 0.3) is 5.91 Å². The highest BCUT2D eigenvalue weighted by Gasteiger charge is 2.32. The van der Waals surface area contributed by atoms with Crippen molar-refractivity contribution >= 4 is 5.91 Å². The van der Waals surface area contributed by atoms with Gasteiger partial charge in [-0.15, -0.1) is 0 Å². The normalized spacial score (nSPS) is 19.7. The Morgan fingerprint density at radius 2 is 2.24 bits per heavy atom. The summed E-state index contributed by atoms with van der Waals surface area (Å²) in [4.78, 5) is 12.5. The molecule has 0 spiro atoms. The molecule has 3 heteroatoms. The molecule has 0 bridgehead atoms. The maximum Gasteiger partial charge on any atom is 0.252 e. The summed E-state index contributed by atoms with van der Waals surface area (Å²) in [6.45, 7) is 6.23. The van der Waals surface area contributed by atoms with Crippen LogP contribution < -0.4 is 5.32 Å². The minimum absolute atomic E-state index is 0.0661. The largest absolute Gasteiger partial charge is 0.384 e. The second kappa shape index (κ2) is 6.32. The number of nitrogens with one attached hydrogen (secondary N) is 1. The van der Waals surface area contributed by atoms with Gasteiger partial charge in [-0.25, -0.2) is 0 Å². The summed E-state index contributed by atoms with van der Waals surface area (Å²) in [6.07, 6.45) is 3.19. The first-order chi connectivity index (χ1) is 9.91. The molecule has 1 fully saturated rings. The fourth-order valence-electron chi connectivity index (χ4n) is 2.91. The van der Waals surface area contributed by atoms with E-state index in [4.69, 9.17) is 5.11 Å². The Kier molecular flexibility index (Phi) is 4.69. The molecule has 112 valence electrons. The molecule has 0 aromatic heterocycles. The summed E-state index contributed by atoms with van der Waals surface area (Å²) < 4.78 is 0. The lowest BCUT2D eigenvalue weighted by Gasteiger charge is -2.18. The van der Waals surface area contributed by atoms with Gasteiger partial charge >= 0.3 is 0 Å². The van der Waals surface area contributed by atoms with E-state index >= 15 is 0 Å². The summed E-state index contributed by atoms with van der Waals surface area (Å²) in [7, 11) is 0. The average molecular weight is 285 g/mol. The minimum atomic E-state index is -0.203. The maximum atomic E-state index is 12.5. The van der Waals surface area contributed by atoms with Gasteiger partial charge in [0.1, 0.15) is 6.61 Å². The fraction of sp³-hybridized carbons (Fsp3) is 0.500. The Balaban J connectivity index is 2.17. The first-order valence-electron chi connectivity index (χ1n) is 7.42. The summed E-state index contributed by atoms with van der Waals surface area (Å²) in [5, 5.41) is 12.0. The van der Waals surface area contributed by atoms with Crippen molar-refractivity contribution in [3.8, 4) is 11.8 Å². The molecule has 0 saturated heterocycles. The number of aliphatic hydroxyl groups excluding tert-OH is 1. The number of hydrogen-bond acceptors (Lipinski definition) is 2. The van der Waals surface area contributed by atoms with Crippen molar-refractivity contribution < 1.29 is 9.90 Å². The lowest BCUT2D eigenvalue weighted by molar-refractivity contribution is 0.0935. The van der Waals surface area contributed by atoms with Crippen LogP contribution >= 0.6 is 0 Å². The Labute approximate surface area is 126 Å². The zero-order valence-corrected chi connectivity index (χ0v) is 13.0. The van der Waals surface area contributed by atoms with Crippen LogP contribution in [-0.2, 0) is 0 Å². The van der Waals surface area contributed by atoms with E-state index in [2.05, 4.69) is 31.0 Å². The van der Waals surface area contributed by atoms with Gasteiger partial charge < -0.3 is 10.4 Å². The van der Waals surface area contributed by atoms with Gasteiger partial charge in [0.05, 0.1) is 5.56 Å². The lowest BCUT2D eigenvalue weighted by Crippen LogP contribution is -2.34. The van der Waals surface area contributed by atoms with E-state index < -0.39 is 0 Å². The molecular formula is C18H23NO2. The second-order valence-corrected chi connectivity index (χ2v) is 6.59. The SMILES string of the molecule is Cc1ccc(C#CCO)c(C(=O)NC2CCC(C)(C)C2)c1. The number of rotatable bonds is 2. The number of amides is 1. The van der Waals surface area contributed by atoms with Crippen LogP contribution in [0.1, 0.15) is 54.6 Å². The quantitative estimate of drug-likeness (QED) is 0.821. The zero-order valence-electron chi connectivity index (χ0n) is 13.0. The van der Waals surface area contributed by atoms with Crippen molar-refractivity contribution in [1.82, 2.24) is 5.32 Å². The van der Waals surface area contributed by atoms with Crippen LogP contribution in [0.3, 0.4) is 0 Å². The summed E-state index contributed by atoms with van der Waals surface area (Å²) in [6, 6.07) is 5.87. The maximum absolute atomic E-state index is 12.5. The van der Waals surface area contributed by atoms with Gasteiger partial charge in [-0.2, -0.15) is 0 Å². The first kappa shape index (κ1) is 15.6. The van der Waals surface area contributed by atoms with Crippen LogP contribution in [0.2, 0.25) is 0 Å². The molecule has 2 N–H and O–H groups in total. The highest BCUT2D eigenvalue weighted by molar-refractivity contribution is 5.97. The van der Waals surface area contributed by atoms with Crippen molar-refractivity contribution in [3.05, 3.63) is 34.9 Å². The van der Waals surface area contributed by atoms with Crippen LogP contribution in [0.5, 0.6) is 0 Å². The van der Waals surface area contributed by atoms with E-state index in [1.807, 2.05) is 25.1 Å². The lowest BCUT2D eigenvalue weighted by atomic mass is 9.92. The molecule has 3 nitrogen and oxygen atoms in total. The van der Waals surface area contributed by atoms with E-state index in [-0.39, 0.29) is 18.6 Å². The topological polar surface area (TPSA) is 49.3 Å². The molecule has 1 unspecified atom stereocenters. The Hall–Kier alpha value is -1.79. The molecule has 1 aliphatic rings. The van der Waals surface area contributed by atoms with E-state index in [0.717, 1.165) is 24.8 Å². The van der Waals surface area contributed by atoms with Crippen LogP contribution in [0.4, 0.5) is 0 Å². The van der Waals surface area contributed by atoms with E-state index in [1.165, 1.54) is 0 Å². The fourth-order valence-corrected chi connectivity index (χ4v) is 2.91. The molecule has 1 aromatic rings. The third-order valence-electron chi connectivity index (χ3n) is 4.03. The van der Waals surface area contributed by atoms with Crippen LogP contribution in [0, 0.1) is 24.2 Å². The minimum Gasteiger partial charge on any atom is -0.384 e. The van der Waals surface area contributed by atoms with Gasteiger partial charge in [0, 0.05) is 11.6 Å². The molecule has 21 heavy (non-hydrogen) atoms. The van der Waals surface area contributed by atoms with E-state index in [0.29, 0.717) is 16.5 Å². The molecule has 1 aromatic carbocycles. The molecule has 1 atom stereocenters. The Bertz CT molecular complexity index is 593. The highest BCUT2D eigenvalue weighted by atomic mass is 16.2. The molecule has 0 heterocycles. The predicted octanol–water partition coefficient (Wildman–Crippen LogP) is 2.65. The number of aliphatic hydroxyl groups is 1. The Morgan fingerprint density at radius 3 is 2.86 bits per heavy atom. The van der Waals surface area contributed by atoms with Crippen molar-refractivity contribution in [3.63, 3.8) is 0 Å². The van der Waals surface area contributed by atoms with Gasteiger partial charge in [0.2, 0.25) is 0 Å². The highest BCUT2D eigenvalue weighted by Crippen LogP contribution is 2.37. The molecule has 1 amide bonds. The van der Waals surface area contributed by atoms with Crippen LogP contribution in [0.15, 0.2) is 18.2 Å². The summed E-state index contributed by atoms with van der Waals surface area (Å²) >= 11 is 0. The molecule has 0 aliphatic heterocycles. The third-order valence-corrected chi connectivity index (χ3v) is 4.03. The predicted molar refractivity (Wildman–Crippen MR) is 84.0 cm³/mol. The van der Waals surface area contributed by atoms with Gasteiger partial charge in [-0.3, -0.25) is 4.79 Å². The summed E-state index contributed by atoms with van der Waals surface area (Å²) in [5.41, 5.74) is 2.61. The number of carbonyl (C=O) groups is 1. The van der Waals surface area contributed by atoms with Crippen LogP contribution in [0.25, 0.3) is 0 Å². The van der Waals surface area contributed by atoms with Crippen molar-refractivity contribution in [2.45, 2.75) is 46.1 Å². The second-order valence-electron chi connectivity index (χ2n) is 6.59. The zero-order chi connectivity index (χ0) is 15.5. The van der Waals surface area contributed by atoms with Crippen molar-refractivity contribution in [1.29, 1.82) is 0 Å². The first-order valence-corrected chi connectivity index (χ1v) is 7.42. The van der Waals surface area contributed by atoms with E-state index in [1.54, 1.807) is 0 Å². The molecular weight excluding hydrogens is 262 g/mol. The number of hydrogen-bond donors (Lipinski definition) is 2. The van der Waals surface area contributed by atoms with Gasteiger partial charge in [-0.05, 0) is 43.7 Å². The molecule has 1 saturated carbocycles. The Morgan fingerprint density at radius 1 is 1.48 bits per heavy atom. The standard InChI is InChI=1S/C18H23NO2/c1-13-6-7-14(5-4-10-20)16(11-13)17(21)19-15-8-9-18(2,3)12-15/h6-7,11,15,20H,8-10,12H2,1-3H3,(H,19,21). The molecule has 1 aliphatic carbocycles. The van der Waals surface area contributed by atoms with Crippen molar-refractivity contribution in [2.24, 2.45) is 5.41 Å². The monoisotopic (exact) mass is 285 g/mol. The third kappa shape index (κ3) is 4.09. The number of aryl methyl sites for hydroxylation is 1. The van der Waals surface area contributed by atoms with Crippen LogP contribution in [-0.4, -0.2) is 23.7 Å². The molecule has 2 rings (SSSR count). The van der Waals surface area contributed by atoms with Crippen molar-refractivity contribution in [2.75, 3.05) is 6.61 Å². The number of carbonyl (C=O) groups excluding carboxylic acids is 1. The average Bonchev–Trinajstić information content (AvgIpc) is 2.76. The van der Waals surface area contributed by atoms with Gasteiger partial charge in [0.15, 0.2) is 0 Å². The molecule has 0 radical (unpaired) electrons. The number of benzene rings is 1. The smallest absolute Gasteiger partial charge is 0.252 e. The van der Waals surface area contributed by atoms with E-state index in [9.17, 15) is 4.79 Å².